The zero-order chi connectivity index (χ0) is 10.8. The van der Waals surface area contributed by atoms with Crippen LogP contribution in [0.15, 0.2) is 0 Å². The Bertz CT molecular complexity index is 245. The van der Waals surface area contributed by atoms with Crippen molar-refractivity contribution in [3.8, 4) is 0 Å². The quantitative estimate of drug-likeness (QED) is 0.654. The number of nitrogens with two attached hydrogens (primary N) is 1. The molecule has 1 saturated heterocycles. The highest BCUT2D eigenvalue weighted by Gasteiger charge is 2.35. The van der Waals surface area contributed by atoms with Gasteiger partial charge in [0.05, 0.1) is 18.2 Å². The van der Waals surface area contributed by atoms with Gasteiger partial charge in [0.2, 0.25) is 5.91 Å². The van der Waals surface area contributed by atoms with E-state index in [0.717, 1.165) is 45.1 Å². The van der Waals surface area contributed by atoms with Crippen LogP contribution in [0.25, 0.3) is 0 Å². The van der Waals surface area contributed by atoms with E-state index in [9.17, 15) is 9.90 Å². The third-order valence-corrected chi connectivity index (χ3v) is 3.61. The second-order valence-electron chi connectivity index (χ2n) is 4.70. The minimum absolute atomic E-state index is 0.0256. The zero-order valence-electron chi connectivity index (χ0n) is 9.06. The Labute approximate surface area is 90.4 Å². The van der Waals surface area contributed by atoms with Gasteiger partial charge in [0, 0.05) is 6.54 Å². The van der Waals surface area contributed by atoms with Gasteiger partial charge < -0.3 is 15.7 Å². The van der Waals surface area contributed by atoms with Crippen molar-refractivity contribution >= 4 is 5.91 Å². The summed E-state index contributed by atoms with van der Waals surface area (Å²) in [6, 6.07) is -0.314. The molecule has 86 valence electrons. The summed E-state index contributed by atoms with van der Waals surface area (Å²) in [5.74, 6) is 0.0344. The van der Waals surface area contributed by atoms with Crippen LogP contribution in [0.1, 0.15) is 38.5 Å². The lowest BCUT2D eigenvalue weighted by molar-refractivity contribution is -0.141. The van der Waals surface area contributed by atoms with E-state index in [0.29, 0.717) is 0 Å². The third-order valence-electron chi connectivity index (χ3n) is 3.61. The highest BCUT2D eigenvalue weighted by atomic mass is 16.3. The fourth-order valence-electron chi connectivity index (χ4n) is 2.71. The molecule has 0 radical (unpaired) electrons. The normalized spacial score (nSPS) is 38.1. The summed E-state index contributed by atoms with van der Waals surface area (Å²) in [5, 5.41) is 9.89. The molecule has 4 heteroatoms. The van der Waals surface area contributed by atoms with Crippen molar-refractivity contribution in [3.63, 3.8) is 0 Å². The topological polar surface area (TPSA) is 66.6 Å². The molecule has 0 aromatic heterocycles. The zero-order valence-corrected chi connectivity index (χ0v) is 9.06. The van der Waals surface area contributed by atoms with E-state index in [2.05, 4.69) is 0 Å². The number of carbonyl (C=O) groups is 1. The number of hydrogen-bond acceptors (Lipinski definition) is 3. The maximum atomic E-state index is 11.9. The van der Waals surface area contributed by atoms with Gasteiger partial charge in [-0.1, -0.05) is 12.8 Å². The molecular formula is C11H20N2O2. The molecule has 2 fully saturated rings. The van der Waals surface area contributed by atoms with Gasteiger partial charge >= 0.3 is 0 Å². The van der Waals surface area contributed by atoms with E-state index in [4.69, 9.17) is 5.73 Å². The van der Waals surface area contributed by atoms with Crippen LogP contribution in [0.3, 0.4) is 0 Å². The van der Waals surface area contributed by atoms with Crippen LogP contribution in [-0.4, -0.2) is 40.6 Å². The van der Waals surface area contributed by atoms with E-state index in [1.165, 1.54) is 0 Å². The van der Waals surface area contributed by atoms with Gasteiger partial charge in [-0.3, -0.25) is 4.79 Å². The molecule has 1 aliphatic heterocycles. The van der Waals surface area contributed by atoms with Crippen molar-refractivity contribution in [2.45, 2.75) is 56.7 Å². The molecular weight excluding hydrogens is 192 g/mol. The van der Waals surface area contributed by atoms with Crippen LogP contribution in [0, 0.1) is 0 Å². The van der Waals surface area contributed by atoms with Crippen LogP contribution in [0.4, 0.5) is 0 Å². The molecule has 0 bridgehead atoms. The molecule has 2 aliphatic rings. The highest BCUT2D eigenvalue weighted by molar-refractivity contribution is 5.82. The molecule has 2 rings (SSSR count). The van der Waals surface area contributed by atoms with Crippen LogP contribution < -0.4 is 5.73 Å². The molecule has 15 heavy (non-hydrogen) atoms. The molecule has 1 aliphatic carbocycles. The van der Waals surface area contributed by atoms with Crippen molar-refractivity contribution in [1.29, 1.82) is 0 Å². The third kappa shape index (κ3) is 2.16. The molecule has 1 amide bonds. The summed E-state index contributed by atoms with van der Waals surface area (Å²) in [7, 11) is 0. The number of hydrogen-bond donors (Lipinski definition) is 2. The number of likely N-dealkylation sites (tertiary alicyclic amines) is 1. The van der Waals surface area contributed by atoms with Gasteiger partial charge in [-0.05, 0) is 25.7 Å². The van der Waals surface area contributed by atoms with Gasteiger partial charge in [0.15, 0.2) is 0 Å². The lowest BCUT2D eigenvalue weighted by Crippen LogP contribution is -2.56. The average molecular weight is 212 g/mol. The SMILES string of the molecule is NC1CCCN(C2CCCCC2O)C1=O. The predicted octanol–water partition coefficient (Wildman–Crippen LogP) is 0.240. The Morgan fingerprint density at radius 3 is 2.67 bits per heavy atom. The number of amides is 1. The monoisotopic (exact) mass is 212 g/mol. The number of aliphatic hydroxyl groups is 1. The van der Waals surface area contributed by atoms with Gasteiger partial charge in [0.25, 0.3) is 0 Å². The van der Waals surface area contributed by atoms with Crippen LogP contribution in [-0.2, 0) is 4.79 Å². The van der Waals surface area contributed by atoms with Crippen molar-refractivity contribution < 1.29 is 9.90 Å². The Morgan fingerprint density at radius 1 is 1.20 bits per heavy atom. The van der Waals surface area contributed by atoms with E-state index < -0.39 is 0 Å². The first kappa shape index (κ1) is 10.9. The summed E-state index contributed by atoms with van der Waals surface area (Å²) >= 11 is 0. The van der Waals surface area contributed by atoms with Gasteiger partial charge in [0.1, 0.15) is 0 Å². The van der Waals surface area contributed by atoms with Crippen molar-refractivity contribution in [2.75, 3.05) is 6.54 Å². The number of nitrogens with zero attached hydrogens (tertiary/aromatic N) is 1. The first-order chi connectivity index (χ1) is 7.20. The number of piperidine rings is 1. The molecule has 4 nitrogen and oxygen atoms in total. The largest absolute Gasteiger partial charge is 0.391 e. The summed E-state index contributed by atoms with van der Waals surface area (Å²) < 4.78 is 0. The first-order valence-corrected chi connectivity index (χ1v) is 5.94. The molecule has 3 N–H and O–H groups in total. The molecule has 1 saturated carbocycles. The predicted molar refractivity (Wildman–Crippen MR) is 57.2 cm³/mol. The van der Waals surface area contributed by atoms with Gasteiger partial charge in [-0.15, -0.1) is 0 Å². The smallest absolute Gasteiger partial charge is 0.239 e. The first-order valence-electron chi connectivity index (χ1n) is 5.94. The minimum Gasteiger partial charge on any atom is -0.391 e. The Kier molecular flexibility index (Phi) is 3.26. The average Bonchev–Trinajstić information content (AvgIpc) is 2.23. The molecule has 3 unspecified atom stereocenters. The summed E-state index contributed by atoms with van der Waals surface area (Å²) in [6.45, 7) is 0.772. The van der Waals surface area contributed by atoms with Crippen LogP contribution >= 0.6 is 0 Å². The summed E-state index contributed by atoms with van der Waals surface area (Å²) in [6.07, 6.45) is 5.36. The van der Waals surface area contributed by atoms with Crippen molar-refractivity contribution in [1.82, 2.24) is 4.90 Å². The number of carbonyl (C=O) groups excluding carboxylic acids is 1. The fourth-order valence-corrected chi connectivity index (χ4v) is 2.71. The lowest BCUT2D eigenvalue weighted by atomic mass is 9.89. The van der Waals surface area contributed by atoms with Crippen molar-refractivity contribution in [3.05, 3.63) is 0 Å². The highest BCUT2D eigenvalue weighted by Crippen LogP contribution is 2.26. The molecule has 3 atom stereocenters. The Hall–Kier alpha value is -0.610. The molecule has 0 aromatic carbocycles. The molecule has 0 spiro atoms. The second kappa shape index (κ2) is 4.49. The minimum atomic E-state index is -0.340. The molecule has 0 aromatic rings. The van der Waals surface area contributed by atoms with E-state index in [1.807, 2.05) is 4.90 Å². The van der Waals surface area contributed by atoms with Gasteiger partial charge in [-0.2, -0.15) is 0 Å². The van der Waals surface area contributed by atoms with Crippen molar-refractivity contribution in [2.24, 2.45) is 5.73 Å². The van der Waals surface area contributed by atoms with Gasteiger partial charge in [-0.25, -0.2) is 0 Å². The van der Waals surface area contributed by atoms with E-state index in [1.54, 1.807) is 0 Å². The lowest BCUT2D eigenvalue weighted by Gasteiger charge is -2.41. The standard InChI is InChI=1S/C11H20N2O2/c12-8-4-3-7-13(11(8)15)9-5-1-2-6-10(9)14/h8-10,14H,1-7,12H2. The Balaban J connectivity index is 2.04. The fraction of sp³-hybridized carbons (Fsp3) is 0.909. The molecule has 1 heterocycles. The number of rotatable bonds is 1. The van der Waals surface area contributed by atoms with Crippen LogP contribution in [0.5, 0.6) is 0 Å². The van der Waals surface area contributed by atoms with E-state index >= 15 is 0 Å². The Morgan fingerprint density at radius 2 is 1.93 bits per heavy atom. The van der Waals surface area contributed by atoms with Crippen LogP contribution in [0.2, 0.25) is 0 Å². The number of aliphatic hydroxyl groups excluding tert-OH is 1. The van der Waals surface area contributed by atoms with E-state index in [-0.39, 0.29) is 24.1 Å². The summed E-state index contributed by atoms with van der Waals surface area (Å²) in [5.41, 5.74) is 5.75. The summed E-state index contributed by atoms with van der Waals surface area (Å²) in [4.78, 5) is 13.7. The maximum Gasteiger partial charge on any atom is 0.239 e. The maximum absolute atomic E-state index is 11.9. The second-order valence-corrected chi connectivity index (χ2v) is 4.70.